The van der Waals surface area contributed by atoms with Crippen molar-refractivity contribution in [1.29, 1.82) is 0.939 Å². The van der Waals surface area contributed by atoms with Crippen molar-refractivity contribution in [2.24, 2.45) is 0 Å². The molecule has 0 heterocycles. The Balaban J connectivity index is 0. The second-order valence-electron chi connectivity index (χ2n) is 6.98. The van der Waals surface area contributed by atoms with E-state index in [1.165, 1.54) is 0 Å². The van der Waals surface area contributed by atoms with E-state index in [2.05, 4.69) is 0 Å². The number of rotatable bonds is 3. The van der Waals surface area contributed by atoms with E-state index in [1.54, 1.807) is 0 Å². The Morgan fingerprint density at radius 3 is 0.941 bits per heavy atom. The van der Waals surface area contributed by atoms with Crippen LogP contribution in [0.3, 0.4) is 0 Å². The molecule has 0 saturated heterocycles. The first-order chi connectivity index (χ1) is 7.12. The minimum absolute atomic E-state index is 0. The SMILES string of the molecule is [2H][Al-]([O]C(C)(C)C)([O]C(C)(C)C)[O]C(C)(C)C.[Li+]. The van der Waals surface area contributed by atoms with Gasteiger partial charge in [-0.15, -0.1) is 0 Å². The quantitative estimate of drug-likeness (QED) is 0.672. The zero-order valence-corrected chi connectivity index (χ0v) is 14.5. The third-order valence-corrected chi connectivity index (χ3v) is 4.05. The second kappa shape index (κ2) is 6.97. The van der Waals surface area contributed by atoms with Gasteiger partial charge in [-0.2, -0.15) is 0.939 Å². The maximum Gasteiger partial charge on any atom is 1.00 e. The van der Waals surface area contributed by atoms with Crippen LogP contribution in [-0.2, 0) is 11.4 Å². The summed E-state index contributed by atoms with van der Waals surface area (Å²) in [5.41, 5.74) is -1.32. The molecule has 0 aromatic rings. The maximum absolute atomic E-state index is 8.39. The molecule has 0 aliphatic carbocycles. The minimum atomic E-state index is -3.73. The van der Waals surface area contributed by atoms with Crippen molar-refractivity contribution in [1.82, 2.24) is 0 Å². The van der Waals surface area contributed by atoms with Crippen molar-refractivity contribution in [2.45, 2.75) is 79.1 Å². The van der Waals surface area contributed by atoms with E-state index in [0.717, 1.165) is 0 Å². The molecule has 0 atom stereocenters. The molecule has 0 unspecified atom stereocenters. The summed E-state index contributed by atoms with van der Waals surface area (Å²) in [6.45, 7) is 17.2. The number of hydrogen-bond donors (Lipinski definition) is 0. The van der Waals surface area contributed by atoms with E-state index in [-0.39, 0.29) is 18.9 Å². The molecule has 0 radical (unpaired) electrons. The van der Waals surface area contributed by atoms with Crippen LogP contribution in [-0.4, -0.2) is 32.8 Å². The molecule has 5 heteroatoms. The Bertz CT molecular complexity index is 213. The Labute approximate surface area is 125 Å². The summed E-state index contributed by atoms with van der Waals surface area (Å²) in [6, 6.07) is 0. The Hall–Kier alpha value is 1.01. The van der Waals surface area contributed by atoms with Gasteiger partial charge in [-0.25, -0.2) is 0 Å². The molecule has 0 amide bonds. The van der Waals surface area contributed by atoms with Crippen LogP contribution in [0.15, 0.2) is 0 Å². The predicted octanol–water partition coefficient (Wildman–Crippen LogP) is 0.153. The van der Waals surface area contributed by atoms with Gasteiger partial charge in [0, 0.05) is 16.8 Å². The molecule has 0 spiro atoms. The Morgan fingerprint density at radius 1 is 0.647 bits per heavy atom. The van der Waals surface area contributed by atoms with E-state index in [9.17, 15) is 0 Å². The molecule has 0 bridgehead atoms. The van der Waals surface area contributed by atoms with Crippen molar-refractivity contribution in [3.8, 4) is 0 Å². The van der Waals surface area contributed by atoms with Crippen LogP contribution < -0.4 is 18.9 Å². The maximum atomic E-state index is 8.39. The van der Waals surface area contributed by atoms with E-state index in [4.69, 9.17) is 12.3 Å². The van der Waals surface area contributed by atoms with Crippen LogP contribution in [0.1, 0.15) is 62.3 Å². The van der Waals surface area contributed by atoms with Crippen molar-refractivity contribution in [3.05, 3.63) is 0 Å². The monoisotopic (exact) mass is 255 g/mol. The van der Waals surface area contributed by atoms with Crippen LogP contribution in [0.2, 0.25) is 0 Å². The van der Waals surface area contributed by atoms with Gasteiger partial charge in [0.1, 0.15) is 0 Å². The summed E-state index contributed by atoms with van der Waals surface area (Å²) >= 11 is -3.73. The zero-order chi connectivity index (χ0) is 14.1. The summed E-state index contributed by atoms with van der Waals surface area (Å²) < 4.78 is 25.7. The van der Waals surface area contributed by atoms with Gasteiger partial charge in [0.15, 0.2) is 0 Å². The normalized spacial score (nSPS) is 15.2. The molecule has 0 N–H and O–H groups in total. The summed E-state index contributed by atoms with van der Waals surface area (Å²) in [6.07, 6.45) is 0. The molecule has 0 saturated carbocycles. The third-order valence-electron chi connectivity index (χ3n) is 1.35. The van der Waals surface area contributed by atoms with Crippen molar-refractivity contribution in [2.75, 3.05) is 0 Å². The molecular weight excluding hydrogens is 226 g/mol. The van der Waals surface area contributed by atoms with Crippen molar-refractivity contribution < 1.29 is 30.2 Å². The van der Waals surface area contributed by atoms with Gasteiger partial charge in [0.25, 0.3) is 0 Å². The first-order valence-electron chi connectivity index (χ1n) is 6.40. The predicted molar refractivity (Wildman–Crippen MR) is 69.7 cm³/mol. The van der Waals surface area contributed by atoms with Crippen LogP contribution in [0.4, 0.5) is 0 Å². The fourth-order valence-corrected chi connectivity index (χ4v) is 2.81. The van der Waals surface area contributed by atoms with E-state index in [1.807, 2.05) is 62.3 Å². The third kappa shape index (κ3) is 15.0. The first-order valence-corrected chi connectivity index (χ1v) is 7.23. The summed E-state index contributed by atoms with van der Waals surface area (Å²) in [4.78, 5) is 0. The van der Waals surface area contributed by atoms with E-state index < -0.39 is 31.8 Å². The molecular formula is C12H28AlLiO3. The summed E-state index contributed by atoms with van der Waals surface area (Å²) in [5.74, 6) is 0. The standard InChI is InChI=1S/3C4H9O.Al.Li.H/c3*1-4(2,3)5;;;/h3*1-3H3;;;/q3*-1;+2;+1;/i;;;;;1+1. The molecule has 98 valence electrons. The topological polar surface area (TPSA) is 27.7 Å². The molecule has 17 heavy (non-hydrogen) atoms. The molecule has 3 nitrogen and oxygen atoms in total. The van der Waals surface area contributed by atoms with Gasteiger partial charge in [0.2, 0.25) is 0 Å². The van der Waals surface area contributed by atoms with Gasteiger partial charge >= 0.3 is 33.9 Å². The van der Waals surface area contributed by atoms with Gasteiger partial charge in [-0.1, -0.05) is 0 Å². The molecule has 0 fully saturated rings. The van der Waals surface area contributed by atoms with Crippen molar-refractivity contribution in [3.63, 3.8) is 0 Å². The number of hydrogen-bond acceptors (Lipinski definition) is 3. The zero-order valence-electron chi connectivity index (χ0n) is 14.3. The van der Waals surface area contributed by atoms with Gasteiger partial charge < -0.3 is 11.4 Å². The Morgan fingerprint density at radius 2 is 0.824 bits per heavy atom. The molecule has 0 aliphatic heterocycles. The average molecular weight is 255 g/mol. The molecule has 0 aromatic carbocycles. The van der Waals surface area contributed by atoms with Crippen LogP contribution in [0.5, 0.6) is 0 Å². The smallest absolute Gasteiger partial charge is 0.611 e. The van der Waals surface area contributed by atoms with Crippen LogP contribution >= 0.6 is 0 Å². The second-order valence-corrected chi connectivity index (χ2v) is 8.26. The molecule has 0 aromatic heterocycles. The van der Waals surface area contributed by atoms with E-state index >= 15 is 0 Å². The van der Waals surface area contributed by atoms with E-state index in [0.29, 0.717) is 0 Å². The first kappa shape index (κ1) is 18.0. The van der Waals surface area contributed by atoms with Gasteiger partial charge in [0.05, 0.1) is 0 Å². The fourth-order valence-electron chi connectivity index (χ4n) is 0.938. The fraction of sp³-hybridized carbons (Fsp3) is 1.00. The van der Waals surface area contributed by atoms with Crippen LogP contribution in [0.25, 0.3) is 0 Å². The minimum Gasteiger partial charge on any atom is -0.611 e. The summed E-state index contributed by atoms with van der Waals surface area (Å²) in [5, 5.41) is 0. The largest absolute Gasteiger partial charge is 1.00 e. The average Bonchev–Trinajstić information content (AvgIpc) is 1.65. The molecule has 0 aliphatic rings. The summed E-state index contributed by atoms with van der Waals surface area (Å²) in [7, 11) is 0. The van der Waals surface area contributed by atoms with Gasteiger partial charge in [-0.3, -0.25) is 0 Å². The van der Waals surface area contributed by atoms with Crippen LogP contribution in [0, 0.1) is 0 Å². The van der Waals surface area contributed by atoms with Crippen molar-refractivity contribution >= 4 is 15.0 Å². The molecule has 0 rings (SSSR count). The Kier molecular flexibility index (Phi) is 7.38. The van der Waals surface area contributed by atoms with Gasteiger partial charge in [-0.05, 0) is 62.3 Å².